The van der Waals surface area contributed by atoms with Crippen molar-refractivity contribution in [2.75, 3.05) is 62.7 Å². The van der Waals surface area contributed by atoms with Gasteiger partial charge in [0.1, 0.15) is 11.9 Å². The highest BCUT2D eigenvalue weighted by Gasteiger charge is 2.26. The van der Waals surface area contributed by atoms with E-state index in [1.165, 1.54) is 12.0 Å². The molecule has 38 heavy (non-hydrogen) atoms. The molecule has 0 bridgehead atoms. The third kappa shape index (κ3) is 6.82. The lowest BCUT2D eigenvalue weighted by Crippen LogP contribution is -2.43. The number of benzene rings is 1. The number of amides is 1. The molecule has 0 saturated carbocycles. The molecule has 5 rings (SSSR count). The molecule has 0 radical (unpaired) electrons. The van der Waals surface area contributed by atoms with Crippen molar-refractivity contribution < 1.29 is 19.4 Å². The van der Waals surface area contributed by atoms with E-state index in [1.807, 2.05) is 18.2 Å². The lowest BCUT2D eigenvalue weighted by atomic mass is 10.00. The van der Waals surface area contributed by atoms with Crippen LogP contribution in [0.15, 0.2) is 36.4 Å². The van der Waals surface area contributed by atoms with Gasteiger partial charge >= 0.3 is 5.97 Å². The molecular formula is C29H39N5O4. The highest BCUT2D eigenvalue weighted by atomic mass is 16.5. The number of pyridine rings is 1. The number of carboxylic acid groups (broad SMARTS) is 1. The van der Waals surface area contributed by atoms with Crippen molar-refractivity contribution in [3.05, 3.63) is 53.2 Å². The summed E-state index contributed by atoms with van der Waals surface area (Å²) in [5.74, 6) is 0.294. The number of carbonyl (C=O) groups is 2. The number of nitrogens with one attached hydrogen (secondary N) is 2. The van der Waals surface area contributed by atoms with Crippen LogP contribution >= 0.6 is 0 Å². The Labute approximate surface area is 224 Å². The summed E-state index contributed by atoms with van der Waals surface area (Å²) < 4.78 is 5.41. The van der Waals surface area contributed by atoms with Crippen LogP contribution in [0.5, 0.6) is 0 Å². The average Bonchev–Trinajstić information content (AvgIpc) is 3.42. The maximum Gasteiger partial charge on any atom is 0.326 e. The Hall–Kier alpha value is -3.17. The number of hydrogen-bond acceptors (Lipinski definition) is 7. The zero-order valence-electron chi connectivity index (χ0n) is 22.0. The Morgan fingerprint density at radius 2 is 2.05 bits per heavy atom. The molecule has 1 amide bonds. The van der Waals surface area contributed by atoms with Crippen LogP contribution in [-0.2, 0) is 22.4 Å². The Morgan fingerprint density at radius 3 is 2.89 bits per heavy atom. The number of nitrogens with zero attached hydrogens (tertiary/aromatic N) is 3. The smallest absolute Gasteiger partial charge is 0.326 e. The second kappa shape index (κ2) is 12.6. The maximum atomic E-state index is 12.9. The van der Waals surface area contributed by atoms with Crippen LogP contribution in [0.3, 0.4) is 0 Å². The van der Waals surface area contributed by atoms with Crippen LogP contribution in [0.4, 0.5) is 11.5 Å². The molecule has 204 valence electrons. The minimum absolute atomic E-state index is 0.348. The molecular weight excluding hydrogens is 482 g/mol. The van der Waals surface area contributed by atoms with Crippen molar-refractivity contribution in [2.24, 2.45) is 5.92 Å². The van der Waals surface area contributed by atoms with Gasteiger partial charge in [0.2, 0.25) is 0 Å². The highest BCUT2D eigenvalue weighted by molar-refractivity contribution is 5.97. The molecule has 9 heteroatoms. The van der Waals surface area contributed by atoms with E-state index in [1.54, 1.807) is 6.07 Å². The fourth-order valence-electron chi connectivity index (χ4n) is 5.69. The molecule has 2 fully saturated rings. The van der Waals surface area contributed by atoms with Gasteiger partial charge in [-0.3, -0.25) is 4.79 Å². The predicted octanol–water partition coefficient (Wildman–Crippen LogP) is 2.80. The molecule has 4 heterocycles. The van der Waals surface area contributed by atoms with Crippen molar-refractivity contribution in [1.29, 1.82) is 0 Å². The molecule has 9 nitrogen and oxygen atoms in total. The number of aryl methyl sites for hydroxylation is 2. The average molecular weight is 522 g/mol. The van der Waals surface area contributed by atoms with E-state index in [0.717, 1.165) is 75.6 Å². The van der Waals surface area contributed by atoms with Crippen LogP contribution in [0.1, 0.15) is 47.3 Å². The Balaban J connectivity index is 1.08. The summed E-state index contributed by atoms with van der Waals surface area (Å²) in [5, 5.41) is 15.9. The van der Waals surface area contributed by atoms with E-state index in [-0.39, 0.29) is 5.91 Å². The van der Waals surface area contributed by atoms with Crippen LogP contribution in [0, 0.1) is 5.92 Å². The molecule has 2 saturated heterocycles. The minimum atomic E-state index is -0.995. The molecule has 3 aliphatic heterocycles. The number of aliphatic carboxylic acids is 1. The second-order valence-corrected chi connectivity index (χ2v) is 10.6. The Kier molecular flexibility index (Phi) is 8.75. The first-order valence-electron chi connectivity index (χ1n) is 14.0. The number of aromatic nitrogens is 1. The van der Waals surface area contributed by atoms with Crippen molar-refractivity contribution in [2.45, 2.75) is 44.6 Å². The van der Waals surface area contributed by atoms with Gasteiger partial charge in [0.05, 0.1) is 13.2 Å². The quantitative estimate of drug-likeness (QED) is 0.438. The molecule has 2 aromatic rings. The molecule has 1 aromatic carbocycles. The number of carbonyl (C=O) groups excluding carboxylic acids is 1. The van der Waals surface area contributed by atoms with E-state index < -0.39 is 12.0 Å². The molecule has 2 unspecified atom stereocenters. The number of likely N-dealkylation sites (tertiary alicyclic amines) is 1. The molecule has 0 aliphatic carbocycles. The Bertz CT molecular complexity index is 1120. The van der Waals surface area contributed by atoms with Gasteiger partial charge in [-0.1, -0.05) is 12.1 Å². The minimum Gasteiger partial charge on any atom is -0.480 e. The molecule has 3 N–H and O–H groups in total. The topological polar surface area (TPSA) is 107 Å². The summed E-state index contributed by atoms with van der Waals surface area (Å²) in [6, 6.07) is 10.8. The highest BCUT2D eigenvalue weighted by Crippen LogP contribution is 2.24. The molecule has 0 spiro atoms. The van der Waals surface area contributed by atoms with E-state index in [9.17, 15) is 14.7 Å². The van der Waals surface area contributed by atoms with Crippen molar-refractivity contribution in [1.82, 2.24) is 15.2 Å². The third-order valence-corrected chi connectivity index (χ3v) is 7.95. The number of carboxylic acids is 1. The van der Waals surface area contributed by atoms with Gasteiger partial charge in [0.15, 0.2) is 0 Å². The summed E-state index contributed by atoms with van der Waals surface area (Å²) >= 11 is 0. The number of morpholine rings is 1. The zero-order valence-corrected chi connectivity index (χ0v) is 22.0. The van der Waals surface area contributed by atoms with E-state index in [4.69, 9.17) is 9.72 Å². The van der Waals surface area contributed by atoms with Crippen molar-refractivity contribution in [3.8, 4) is 0 Å². The van der Waals surface area contributed by atoms with Crippen LogP contribution in [0.2, 0.25) is 0 Å². The van der Waals surface area contributed by atoms with Crippen LogP contribution in [0.25, 0.3) is 0 Å². The van der Waals surface area contributed by atoms with Crippen molar-refractivity contribution in [3.63, 3.8) is 0 Å². The summed E-state index contributed by atoms with van der Waals surface area (Å²) in [6.45, 7) is 6.47. The van der Waals surface area contributed by atoms with Gasteiger partial charge in [-0.15, -0.1) is 0 Å². The number of ether oxygens (including phenoxy) is 1. The summed E-state index contributed by atoms with van der Waals surface area (Å²) in [4.78, 5) is 34.2. The van der Waals surface area contributed by atoms with Gasteiger partial charge in [0.25, 0.3) is 5.91 Å². The second-order valence-electron chi connectivity index (χ2n) is 10.6. The van der Waals surface area contributed by atoms with Crippen LogP contribution in [-0.4, -0.2) is 85.4 Å². The Morgan fingerprint density at radius 1 is 1.18 bits per heavy atom. The van der Waals surface area contributed by atoms with Gasteiger partial charge in [-0.25, -0.2) is 9.78 Å². The first-order chi connectivity index (χ1) is 18.5. The lowest BCUT2D eigenvalue weighted by Gasteiger charge is -2.29. The summed E-state index contributed by atoms with van der Waals surface area (Å²) in [6.07, 6.45) is 5.81. The van der Waals surface area contributed by atoms with Gasteiger partial charge in [-0.05, 0) is 80.8 Å². The molecule has 1 aromatic heterocycles. The van der Waals surface area contributed by atoms with Gasteiger partial charge < -0.3 is 30.3 Å². The summed E-state index contributed by atoms with van der Waals surface area (Å²) in [7, 11) is 0. The summed E-state index contributed by atoms with van der Waals surface area (Å²) in [5.41, 5.74) is 3.89. The third-order valence-electron chi connectivity index (χ3n) is 7.95. The van der Waals surface area contributed by atoms with E-state index >= 15 is 0 Å². The number of hydrogen-bond donors (Lipinski definition) is 3. The van der Waals surface area contributed by atoms with E-state index in [0.29, 0.717) is 37.7 Å². The monoisotopic (exact) mass is 521 g/mol. The maximum absolute atomic E-state index is 12.9. The van der Waals surface area contributed by atoms with Gasteiger partial charge in [-0.2, -0.15) is 0 Å². The lowest BCUT2D eigenvalue weighted by molar-refractivity contribution is -0.139. The zero-order chi connectivity index (χ0) is 26.3. The fourth-order valence-corrected chi connectivity index (χ4v) is 5.69. The van der Waals surface area contributed by atoms with Gasteiger partial charge in [0, 0.05) is 49.7 Å². The normalized spacial score (nSPS) is 20.4. The molecule has 3 aliphatic rings. The SMILES string of the molecule is O=C(NC(CCN1CCC(CCc2ccc3c(n2)NCCC3)C1)C(=O)O)c1cccc(N2CCOCC2)c1. The first kappa shape index (κ1) is 26.4. The fraction of sp³-hybridized carbons (Fsp3) is 0.552. The largest absolute Gasteiger partial charge is 0.480 e. The van der Waals surface area contributed by atoms with Crippen LogP contribution < -0.4 is 15.5 Å². The van der Waals surface area contributed by atoms with Crippen molar-refractivity contribution >= 4 is 23.4 Å². The number of rotatable bonds is 10. The number of fused-ring (bicyclic) bond motifs is 1. The first-order valence-corrected chi connectivity index (χ1v) is 14.0. The standard InChI is InChI=1S/C29H39N5O4/c35-28(23-3-1-5-25(19-23)34-15-17-38-18-16-34)32-26(29(36)37)11-14-33-13-10-21(20-33)6-8-24-9-7-22-4-2-12-30-27(22)31-24/h1,3,5,7,9,19,21,26H,2,4,6,8,10-18,20H2,(H,30,31)(H,32,35)(H,36,37). The predicted molar refractivity (Wildman–Crippen MR) is 147 cm³/mol. The number of anilines is 2. The van der Waals surface area contributed by atoms with E-state index in [2.05, 4.69) is 32.6 Å². The molecule has 2 atom stereocenters.